The van der Waals surface area contributed by atoms with E-state index in [0.717, 1.165) is 5.56 Å². The molecule has 0 aliphatic heterocycles. The molecule has 132 valence electrons. The summed E-state index contributed by atoms with van der Waals surface area (Å²) in [6.45, 7) is 1.83. The number of hydrogen-bond donors (Lipinski definition) is 1. The van der Waals surface area contributed by atoms with Crippen molar-refractivity contribution in [1.82, 2.24) is 0 Å². The zero-order chi connectivity index (χ0) is 18.6. The van der Waals surface area contributed by atoms with Crippen LogP contribution in [-0.4, -0.2) is 33.2 Å². The van der Waals surface area contributed by atoms with Crippen LogP contribution in [0.5, 0.6) is 11.5 Å². The van der Waals surface area contributed by atoms with Crippen LogP contribution in [-0.2, 0) is 4.74 Å². The minimum Gasteiger partial charge on any atom is -0.495 e. The third-order valence-electron chi connectivity index (χ3n) is 3.61. The number of methoxy groups -OCH3 is 3. The van der Waals surface area contributed by atoms with Gasteiger partial charge in [-0.15, -0.1) is 0 Å². The van der Waals surface area contributed by atoms with Crippen molar-refractivity contribution in [1.29, 1.82) is 0 Å². The zero-order valence-corrected chi connectivity index (χ0v) is 15.9. The molecular weight excluding hydrogens is 390 g/mol. The van der Waals surface area contributed by atoms with E-state index in [0.29, 0.717) is 32.8 Å². The Balaban J connectivity index is 2.35. The maximum absolute atomic E-state index is 12.6. The van der Waals surface area contributed by atoms with E-state index in [1.165, 1.54) is 21.3 Å². The zero-order valence-electron chi connectivity index (χ0n) is 14.3. The second kappa shape index (κ2) is 8.02. The first kappa shape index (κ1) is 18.8. The van der Waals surface area contributed by atoms with Crippen molar-refractivity contribution >= 4 is 33.5 Å². The van der Waals surface area contributed by atoms with Gasteiger partial charge in [0.2, 0.25) is 0 Å². The molecule has 6 nitrogen and oxygen atoms in total. The van der Waals surface area contributed by atoms with Crippen LogP contribution in [0.25, 0.3) is 0 Å². The van der Waals surface area contributed by atoms with Gasteiger partial charge in [0, 0.05) is 11.3 Å². The molecule has 0 aromatic heterocycles. The number of carbonyl (C=O) groups is 2. The number of carbonyl (C=O) groups excluding carboxylic acids is 2. The molecule has 0 aliphatic carbocycles. The third-order valence-corrected chi connectivity index (χ3v) is 4.40. The van der Waals surface area contributed by atoms with E-state index in [1.54, 1.807) is 30.3 Å². The molecular formula is C18H18BrNO5. The third kappa shape index (κ3) is 4.11. The number of hydrogen-bond acceptors (Lipinski definition) is 5. The van der Waals surface area contributed by atoms with Gasteiger partial charge in [0.1, 0.15) is 16.0 Å². The molecule has 0 bridgehead atoms. The highest BCUT2D eigenvalue weighted by Crippen LogP contribution is 2.35. The Bertz CT molecular complexity index is 794. The molecule has 2 rings (SSSR count). The van der Waals surface area contributed by atoms with Crippen LogP contribution >= 0.6 is 15.9 Å². The van der Waals surface area contributed by atoms with Gasteiger partial charge in [0.05, 0.1) is 26.9 Å². The predicted molar refractivity (Wildman–Crippen MR) is 97.7 cm³/mol. The van der Waals surface area contributed by atoms with E-state index in [1.807, 2.05) is 6.92 Å². The number of halogens is 1. The number of ether oxygens (including phenoxy) is 3. The first-order chi connectivity index (χ1) is 11.9. The van der Waals surface area contributed by atoms with E-state index in [-0.39, 0.29) is 5.91 Å². The van der Waals surface area contributed by atoms with Gasteiger partial charge in [-0.05, 0) is 52.7 Å². The molecule has 0 spiro atoms. The highest BCUT2D eigenvalue weighted by Gasteiger charge is 2.16. The summed E-state index contributed by atoms with van der Waals surface area (Å²) in [5.74, 6) is 0.130. The van der Waals surface area contributed by atoms with Crippen LogP contribution in [0.3, 0.4) is 0 Å². The quantitative estimate of drug-likeness (QED) is 0.762. The highest BCUT2D eigenvalue weighted by molar-refractivity contribution is 9.10. The molecule has 0 fully saturated rings. The molecule has 0 saturated heterocycles. The van der Waals surface area contributed by atoms with Crippen LogP contribution in [0.2, 0.25) is 0 Å². The Morgan fingerprint density at radius 3 is 2.08 bits per heavy atom. The molecule has 0 saturated carbocycles. The fourth-order valence-electron chi connectivity index (χ4n) is 2.20. The summed E-state index contributed by atoms with van der Waals surface area (Å²) in [7, 11) is 4.32. The van der Waals surface area contributed by atoms with Crippen molar-refractivity contribution in [3.63, 3.8) is 0 Å². The lowest BCUT2D eigenvalue weighted by atomic mass is 10.1. The van der Waals surface area contributed by atoms with Gasteiger partial charge in [0.25, 0.3) is 5.91 Å². The van der Waals surface area contributed by atoms with E-state index in [4.69, 9.17) is 14.2 Å². The number of esters is 1. The molecule has 0 unspecified atom stereocenters. The normalized spacial score (nSPS) is 10.1. The highest BCUT2D eigenvalue weighted by atomic mass is 79.9. The van der Waals surface area contributed by atoms with Crippen LogP contribution in [0.15, 0.2) is 34.8 Å². The first-order valence-corrected chi connectivity index (χ1v) is 8.12. The molecule has 0 heterocycles. The average molecular weight is 408 g/mol. The van der Waals surface area contributed by atoms with Gasteiger partial charge >= 0.3 is 5.97 Å². The molecule has 2 aromatic rings. The summed E-state index contributed by atoms with van der Waals surface area (Å²) in [6, 6.07) is 8.16. The van der Waals surface area contributed by atoms with Crippen molar-refractivity contribution in [2.75, 3.05) is 26.6 Å². The largest absolute Gasteiger partial charge is 0.495 e. The Kier molecular flexibility index (Phi) is 6.03. The number of benzene rings is 2. The standard InChI is InChI=1S/C18H18BrNO5/c1-10-5-6-11(18(22)25-4)7-13(10)20-17(21)12-8-14(23-2)16(19)15(9-12)24-3/h5-9H,1-4H3,(H,20,21). The van der Waals surface area contributed by atoms with E-state index < -0.39 is 5.97 Å². The lowest BCUT2D eigenvalue weighted by molar-refractivity contribution is 0.0600. The lowest BCUT2D eigenvalue weighted by Gasteiger charge is -2.13. The van der Waals surface area contributed by atoms with Crippen molar-refractivity contribution in [3.05, 3.63) is 51.5 Å². The number of rotatable bonds is 5. The summed E-state index contributed by atoms with van der Waals surface area (Å²) in [5.41, 5.74) is 2.06. The average Bonchev–Trinajstić information content (AvgIpc) is 2.62. The summed E-state index contributed by atoms with van der Waals surface area (Å²) in [4.78, 5) is 24.3. The summed E-state index contributed by atoms with van der Waals surface area (Å²) >= 11 is 3.36. The monoisotopic (exact) mass is 407 g/mol. The van der Waals surface area contributed by atoms with Gasteiger partial charge < -0.3 is 19.5 Å². The number of nitrogens with one attached hydrogen (secondary N) is 1. The smallest absolute Gasteiger partial charge is 0.337 e. The van der Waals surface area contributed by atoms with Crippen LogP contribution in [0, 0.1) is 6.92 Å². The minimum absolute atomic E-state index is 0.353. The Morgan fingerprint density at radius 1 is 0.960 bits per heavy atom. The van der Waals surface area contributed by atoms with Gasteiger partial charge in [-0.3, -0.25) is 4.79 Å². The van der Waals surface area contributed by atoms with Crippen molar-refractivity contribution in [2.24, 2.45) is 0 Å². The molecule has 7 heteroatoms. The van der Waals surface area contributed by atoms with Crippen molar-refractivity contribution in [2.45, 2.75) is 6.92 Å². The Labute approximate surface area is 154 Å². The first-order valence-electron chi connectivity index (χ1n) is 7.33. The molecule has 1 N–H and O–H groups in total. The summed E-state index contributed by atoms with van der Waals surface area (Å²) in [5, 5.41) is 2.79. The Morgan fingerprint density at radius 2 is 1.56 bits per heavy atom. The van der Waals surface area contributed by atoms with Gasteiger partial charge in [-0.25, -0.2) is 4.79 Å². The molecule has 0 radical (unpaired) electrons. The lowest BCUT2D eigenvalue weighted by Crippen LogP contribution is -2.14. The maximum atomic E-state index is 12.6. The summed E-state index contributed by atoms with van der Waals surface area (Å²) in [6.07, 6.45) is 0. The number of anilines is 1. The van der Waals surface area contributed by atoms with Crippen molar-refractivity contribution in [3.8, 4) is 11.5 Å². The fraction of sp³-hybridized carbons (Fsp3) is 0.222. The van der Waals surface area contributed by atoms with E-state index in [2.05, 4.69) is 21.2 Å². The molecule has 1 amide bonds. The van der Waals surface area contributed by atoms with E-state index in [9.17, 15) is 9.59 Å². The predicted octanol–water partition coefficient (Wildman–Crippen LogP) is 3.81. The molecule has 0 aliphatic rings. The number of aryl methyl sites for hydroxylation is 1. The van der Waals surface area contributed by atoms with E-state index >= 15 is 0 Å². The molecule has 2 aromatic carbocycles. The van der Waals surface area contributed by atoms with Crippen molar-refractivity contribution < 1.29 is 23.8 Å². The number of amides is 1. The topological polar surface area (TPSA) is 73.9 Å². The fourth-order valence-corrected chi connectivity index (χ4v) is 2.75. The van der Waals surface area contributed by atoms with Crippen LogP contribution in [0.4, 0.5) is 5.69 Å². The minimum atomic E-state index is -0.470. The van der Waals surface area contributed by atoms with Crippen LogP contribution in [0.1, 0.15) is 26.3 Å². The maximum Gasteiger partial charge on any atom is 0.337 e. The second-order valence-electron chi connectivity index (χ2n) is 5.17. The van der Waals surface area contributed by atoms with Gasteiger partial charge in [-0.1, -0.05) is 6.07 Å². The van der Waals surface area contributed by atoms with Gasteiger partial charge in [-0.2, -0.15) is 0 Å². The van der Waals surface area contributed by atoms with Crippen LogP contribution < -0.4 is 14.8 Å². The molecule has 25 heavy (non-hydrogen) atoms. The summed E-state index contributed by atoms with van der Waals surface area (Å²) < 4.78 is 15.8. The van der Waals surface area contributed by atoms with Gasteiger partial charge in [0.15, 0.2) is 0 Å². The Hall–Kier alpha value is -2.54. The SMILES string of the molecule is COC(=O)c1ccc(C)c(NC(=O)c2cc(OC)c(Br)c(OC)c2)c1. The molecule has 0 atom stereocenters. The second-order valence-corrected chi connectivity index (χ2v) is 5.96.